The lowest BCUT2D eigenvalue weighted by Crippen LogP contribution is -2.44. The molecule has 0 aliphatic carbocycles. The number of pyridine rings is 1. The Kier molecular flexibility index (Phi) is 7.19. The van der Waals surface area contributed by atoms with Gasteiger partial charge in [0.2, 0.25) is 5.88 Å². The maximum atomic E-state index is 12.9. The first-order valence-electron chi connectivity index (χ1n) is 9.75. The Labute approximate surface area is 165 Å². The highest BCUT2D eigenvalue weighted by atomic mass is 19.1. The van der Waals surface area contributed by atoms with Crippen molar-refractivity contribution in [2.75, 3.05) is 26.7 Å². The minimum absolute atomic E-state index is 0.293. The highest BCUT2D eigenvalue weighted by molar-refractivity contribution is 5.79. The molecular weight excluding hydrogens is 357 g/mol. The summed E-state index contributed by atoms with van der Waals surface area (Å²) in [6.45, 7) is 6.01. The van der Waals surface area contributed by atoms with Gasteiger partial charge < -0.3 is 15.4 Å². The number of benzene rings is 1. The van der Waals surface area contributed by atoms with Crippen LogP contribution >= 0.6 is 0 Å². The van der Waals surface area contributed by atoms with Crippen molar-refractivity contribution in [1.82, 2.24) is 20.5 Å². The number of hydrogen-bond donors (Lipinski definition) is 2. The molecule has 7 heteroatoms. The number of aliphatic imine (C=N–C) groups is 1. The highest BCUT2D eigenvalue weighted by Crippen LogP contribution is 2.19. The van der Waals surface area contributed by atoms with Crippen molar-refractivity contribution in [3.63, 3.8) is 0 Å². The molecule has 1 unspecified atom stereocenters. The quantitative estimate of drug-likeness (QED) is 0.566. The molecule has 1 aromatic carbocycles. The van der Waals surface area contributed by atoms with Gasteiger partial charge in [0.05, 0.1) is 0 Å². The molecule has 0 amide bonds. The summed E-state index contributed by atoms with van der Waals surface area (Å²) in [7, 11) is 1.78. The van der Waals surface area contributed by atoms with Crippen molar-refractivity contribution in [3.05, 3.63) is 54.0 Å². The third-order valence-electron chi connectivity index (χ3n) is 4.93. The third kappa shape index (κ3) is 5.66. The molecule has 2 N–H and O–H groups in total. The van der Waals surface area contributed by atoms with Crippen LogP contribution < -0.4 is 15.4 Å². The number of nitrogens with zero attached hydrogens (tertiary/aromatic N) is 3. The summed E-state index contributed by atoms with van der Waals surface area (Å²) >= 11 is 0. The number of likely N-dealkylation sites (tertiary alicyclic amines) is 1. The summed E-state index contributed by atoms with van der Waals surface area (Å²) in [4.78, 5) is 11.1. The summed E-state index contributed by atoms with van der Waals surface area (Å²) in [5.74, 6) is 1.52. The first kappa shape index (κ1) is 20.1. The molecule has 2 heterocycles. The summed E-state index contributed by atoms with van der Waals surface area (Å²) in [6.07, 6.45) is 4.26. The normalized spacial score (nSPS) is 17.5. The average Bonchev–Trinajstić information content (AvgIpc) is 3.18. The van der Waals surface area contributed by atoms with E-state index in [-0.39, 0.29) is 5.82 Å². The van der Waals surface area contributed by atoms with Crippen molar-refractivity contribution in [1.29, 1.82) is 0 Å². The van der Waals surface area contributed by atoms with Crippen LogP contribution in [0, 0.1) is 5.82 Å². The second-order valence-corrected chi connectivity index (χ2v) is 6.79. The van der Waals surface area contributed by atoms with Gasteiger partial charge in [-0.15, -0.1) is 0 Å². The fraction of sp³-hybridized carbons (Fsp3) is 0.429. The number of likely N-dealkylation sites (N-methyl/N-ethyl adjacent to an activating group) is 1. The lowest BCUT2D eigenvalue weighted by molar-refractivity contribution is 0.267. The van der Waals surface area contributed by atoms with Crippen LogP contribution in [0.5, 0.6) is 11.6 Å². The molecule has 2 aromatic rings. The Morgan fingerprint density at radius 3 is 2.75 bits per heavy atom. The summed E-state index contributed by atoms with van der Waals surface area (Å²) in [5.41, 5.74) is 1.02. The molecule has 6 nitrogen and oxygen atoms in total. The van der Waals surface area contributed by atoms with Crippen LogP contribution in [0.25, 0.3) is 0 Å². The van der Waals surface area contributed by atoms with Gasteiger partial charge in [0, 0.05) is 38.4 Å². The molecule has 0 saturated carbocycles. The summed E-state index contributed by atoms with van der Waals surface area (Å²) < 4.78 is 18.6. The molecule has 1 aromatic heterocycles. The van der Waals surface area contributed by atoms with E-state index in [0.717, 1.165) is 24.6 Å². The van der Waals surface area contributed by atoms with Gasteiger partial charge in [-0.05, 0) is 55.8 Å². The Hall–Kier alpha value is -2.67. The molecule has 150 valence electrons. The van der Waals surface area contributed by atoms with Gasteiger partial charge in [-0.1, -0.05) is 13.0 Å². The van der Waals surface area contributed by atoms with Crippen LogP contribution in [0.2, 0.25) is 0 Å². The minimum atomic E-state index is -0.293. The molecule has 0 radical (unpaired) electrons. The van der Waals surface area contributed by atoms with Gasteiger partial charge in [-0.3, -0.25) is 9.89 Å². The van der Waals surface area contributed by atoms with Gasteiger partial charge in [0.1, 0.15) is 11.6 Å². The van der Waals surface area contributed by atoms with E-state index in [0.29, 0.717) is 24.2 Å². The predicted octanol–water partition coefficient (Wildman–Crippen LogP) is 3.16. The largest absolute Gasteiger partial charge is 0.439 e. The van der Waals surface area contributed by atoms with Crippen molar-refractivity contribution < 1.29 is 9.13 Å². The van der Waals surface area contributed by atoms with Crippen LogP contribution in [0.3, 0.4) is 0 Å². The van der Waals surface area contributed by atoms with E-state index in [1.165, 1.54) is 31.5 Å². The Balaban J connectivity index is 1.46. The number of aromatic nitrogens is 1. The molecule has 1 atom stereocenters. The molecule has 3 rings (SSSR count). The van der Waals surface area contributed by atoms with E-state index >= 15 is 0 Å². The van der Waals surface area contributed by atoms with Gasteiger partial charge in [-0.25, -0.2) is 9.37 Å². The Bertz CT molecular complexity index is 763. The van der Waals surface area contributed by atoms with Crippen LogP contribution in [-0.4, -0.2) is 48.6 Å². The van der Waals surface area contributed by atoms with Crippen LogP contribution in [-0.2, 0) is 6.54 Å². The lowest BCUT2D eigenvalue weighted by atomic mass is 10.2. The van der Waals surface area contributed by atoms with Gasteiger partial charge >= 0.3 is 0 Å². The number of guanidine groups is 1. The second kappa shape index (κ2) is 10.0. The topological polar surface area (TPSA) is 61.8 Å². The standard InChI is InChI=1S/C21H28FN5O/c1-3-27-12-4-5-18(27)15-26-21(23-2)25-14-16-6-11-20(24-13-16)28-19-9-7-17(22)8-10-19/h6-11,13,18H,3-5,12,14-15H2,1-2H3,(H2,23,25,26). The smallest absolute Gasteiger partial charge is 0.219 e. The summed E-state index contributed by atoms with van der Waals surface area (Å²) in [5, 5.41) is 6.73. The molecule has 0 spiro atoms. The lowest BCUT2D eigenvalue weighted by Gasteiger charge is -2.24. The van der Waals surface area contributed by atoms with E-state index in [4.69, 9.17) is 4.74 Å². The molecule has 1 aliphatic rings. The zero-order valence-corrected chi connectivity index (χ0v) is 16.5. The zero-order chi connectivity index (χ0) is 19.8. The predicted molar refractivity (Wildman–Crippen MR) is 109 cm³/mol. The van der Waals surface area contributed by atoms with Gasteiger partial charge in [-0.2, -0.15) is 0 Å². The van der Waals surface area contributed by atoms with Crippen LogP contribution in [0.15, 0.2) is 47.6 Å². The average molecular weight is 385 g/mol. The zero-order valence-electron chi connectivity index (χ0n) is 16.5. The van der Waals surface area contributed by atoms with E-state index in [2.05, 4.69) is 32.4 Å². The molecule has 28 heavy (non-hydrogen) atoms. The van der Waals surface area contributed by atoms with E-state index in [9.17, 15) is 4.39 Å². The van der Waals surface area contributed by atoms with Gasteiger partial charge in [0.15, 0.2) is 5.96 Å². The maximum Gasteiger partial charge on any atom is 0.219 e. The number of ether oxygens (including phenoxy) is 1. The Morgan fingerprint density at radius 1 is 1.25 bits per heavy atom. The molecular formula is C21H28FN5O. The van der Waals surface area contributed by atoms with E-state index < -0.39 is 0 Å². The van der Waals surface area contributed by atoms with Gasteiger partial charge in [0.25, 0.3) is 0 Å². The van der Waals surface area contributed by atoms with E-state index in [1.807, 2.05) is 6.07 Å². The monoisotopic (exact) mass is 385 g/mol. The van der Waals surface area contributed by atoms with Crippen molar-refractivity contribution in [2.24, 2.45) is 4.99 Å². The fourth-order valence-corrected chi connectivity index (χ4v) is 3.36. The number of halogens is 1. The highest BCUT2D eigenvalue weighted by Gasteiger charge is 2.22. The van der Waals surface area contributed by atoms with Crippen LogP contribution in [0.4, 0.5) is 4.39 Å². The minimum Gasteiger partial charge on any atom is -0.439 e. The number of nitrogens with one attached hydrogen (secondary N) is 2. The SMILES string of the molecule is CCN1CCCC1CNC(=NC)NCc1ccc(Oc2ccc(F)cc2)nc1. The third-order valence-corrected chi connectivity index (χ3v) is 4.93. The van der Waals surface area contributed by atoms with E-state index in [1.54, 1.807) is 31.4 Å². The van der Waals surface area contributed by atoms with Crippen LogP contribution in [0.1, 0.15) is 25.3 Å². The maximum absolute atomic E-state index is 12.9. The fourth-order valence-electron chi connectivity index (χ4n) is 3.36. The van der Waals surface area contributed by atoms with Crippen molar-refractivity contribution in [2.45, 2.75) is 32.4 Å². The molecule has 1 fully saturated rings. The van der Waals surface area contributed by atoms with Crippen molar-refractivity contribution >= 4 is 5.96 Å². The number of rotatable bonds is 7. The first-order chi connectivity index (χ1) is 13.7. The van der Waals surface area contributed by atoms with Crippen molar-refractivity contribution in [3.8, 4) is 11.6 Å². The second-order valence-electron chi connectivity index (χ2n) is 6.79. The molecule has 1 saturated heterocycles. The Morgan fingerprint density at radius 2 is 2.07 bits per heavy atom. The number of hydrogen-bond acceptors (Lipinski definition) is 4. The molecule has 1 aliphatic heterocycles. The first-order valence-corrected chi connectivity index (χ1v) is 9.75. The molecule has 0 bridgehead atoms. The summed E-state index contributed by atoms with van der Waals surface area (Å²) in [6, 6.07) is 10.2.